The summed E-state index contributed by atoms with van der Waals surface area (Å²) in [4.78, 5) is 70.7. The smallest absolute Gasteiger partial charge is 0.407 e. The quantitative estimate of drug-likeness (QED) is 0.161. The summed E-state index contributed by atoms with van der Waals surface area (Å²) in [6.45, 7) is 4.50. The third-order valence-corrected chi connectivity index (χ3v) is 10.5. The Hall–Kier alpha value is -5.92. The molecule has 2 aliphatic rings. The largest absolute Gasteiger partial charge is 0.453 e. The highest BCUT2D eigenvalue weighted by molar-refractivity contribution is 5.88. The van der Waals surface area contributed by atoms with Crippen LogP contribution in [-0.4, -0.2) is 120 Å². The second-order valence-electron chi connectivity index (χ2n) is 13.9. The molecule has 2 aromatic carbocycles. The summed E-state index contributed by atoms with van der Waals surface area (Å²) >= 11 is 0. The fourth-order valence-electron chi connectivity index (χ4n) is 7.21. The van der Waals surface area contributed by atoms with E-state index in [4.69, 9.17) is 23.9 Å². The number of H-pyrrole nitrogens is 2. The number of amides is 4. The van der Waals surface area contributed by atoms with Crippen LogP contribution in [-0.2, 0) is 28.5 Å². The summed E-state index contributed by atoms with van der Waals surface area (Å²) in [5, 5.41) is 5.22. The lowest BCUT2D eigenvalue weighted by molar-refractivity contribution is -0.138. The summed E-state index contributed by atoms with van der Waals surface area (Å²) in [6, 6.07) is 11.5. The average molecular weight is 769 g/mol. The van der Waals surface area contributed by atoms with E-state index in [1.165, 1.54) is 28.4 Å². The van der Waals surface area contributed by atoms with Crippen molar-refractivity contribution in [3.8, 4) is 23.0 Å². The molecule has 16 nitrogen and oxygen atoms in total. The number of alkyl carbamates (subject to hydrolysis) is 2. The SMILES string of the molecule is COC(=O)N[C@H](C(=O)N1CCC[C@H]1c1ncc(C#Cc2ccc(-c3ccc4nc([C@@H]5CCCN5C(=O)[C@@H](NC(=O)OC)[C@@H](C)OC)[nH]c4c3)cc2)[nH]1)[C@@H](C)OC. The van der Waals surface area contributed by atoms with Crippen molar-refractivity contribution in [3.63, 3.8) is 0 Å². The fourth-order valence-corrected chi connectivity index (χ4v) is 7.21. The van der Waals surface area contributed by atoms with Crippen molar-refractivity contribution in [2.45, 2.75) is 75.9 Å². The number of ether oxygens (including phenoxy) is 4. The molecule has 56 heavy (non-hydrogen) atoms. The van der Waals surface area contributed by atoms with Crippen LogP contribution in [0.2, 0.25) is 0 Å². The Morgan fingerprint density at radius 2 is 1.30 bits per heavy atom. The molecule has 4 N–H and O–H groups in total. The van der Waals surface area contributed by atoms with E-state index in [9.17, 15) is 19.2 Å². The lowest BCUT2D eigenvalue weighted by Gasteiger charge is -2.30. The van der Waals surface area contributed by atoms with E-state index in [-0.39, 0.29) is 23.9 Å². The van der Waals surface area contributed by atoms with Crippen LogP contribution < -0.4 is 10.6 Å². The maximum Gasteiger partial charge on any atom is 0.407 e. The zero-order valence-electron chi connectivity index (χ0n) is 32.4. The Bertz CT molecular complexity index is 2100. The van der Waals surface area contributed by atoms with Gasteiger partial charge in [-0.05, 0) is 80.8 Å². The molecule has 4 heterocycles. The maximum absolute atomic E-state index is 13.7. The summed E-state index contributed by atoms with van der Waals surface area (Å²) in [5.41, 5.74) is 5.04. The van der Waals surface area contributed by atoms with E-state index in [1.54, 1.807) is 29.8 Å². The number of carbonyl (C=O) groups is 4. The minimum atomic E-state index is -0.910. The number of nitrogens with zero attached hydrogens (tertiary/aromatic N) is 4. The normalized spacial score (nSPS) is 18.8. The topological polar surface area (TPSA) is 193 Å². The molecule has 6 atom stereocenters. The van der Waals surface area contributed by atoms with Gasteiger partial charge in [-0.2, -0.15) is 0 Å². The second kappa shape index (κ2) is 17.7. The first-order valence-electron chi connectivity index (χ1n) is 18.6. The maximum atomic E-state index is 13.7. The molecule has 2 fully saturated rings. The molecule has 0 radical (unpaired) electrons. The third-order valence-electron chi connectivity index (χ3n) is 10.5. The number of hydrogen-bond donors (Lipinski definition) is 4. The molecule has 0 aliphatic carbocycles. The minimum Gasteiger partial charge on any atom is -0.453 e. The van der Waals surface area contributed by atoms with Crippen molar-refractivity contribution in [2.75, 3.05) is 41.5 Å². The first-order valence-corrected chi connectivity index (χ1v) is 18.6. The number of likely N-dealkylation sites (tertiary alicyclic amines) is 2. The molecule has 2 aliphatic heterocycles. The highest BCUT2D eigenvalue weighted by Crippen LogP contribution is 2.34. The number of benzene rings is 2. The number of imidazole rings is 2. The molecule has 296 valence electrons. The Kier molecular flexibility index (Phi) is 12.6. The van der Waals surface area contributed by atoms with Crippen LogP contribution in [0.3, 0.4) is 0 Å². The number of fused-ring (bicyclic) bond motifs is 1. The molecule has 6 rings (SSSR count). The molecule has 0 saturated carbocycles. The van der Waals surface area contributed by atoms with Gasteiger partial charge in [0.2, 0.25) is 11.8 Å². The van der Waals surface area contributed by atoms with Gasteiger partial charge in [-0.3, -0.25) is 9.59 Å². The lowest BCUT2D eigenvalue weighted by atomic mass is 10.0. The fraction of sp³-hybridized carbons (Fsp3) is 0.450. The molecular weight excluding hydrogens is 720 g/mol. The summed E-state index contributed by atoms with van der Waals surface area (Å²) < 4.78 is 20.2. The number of nitrogens with one attached hydrogen (secondary N) is 4. The van der Waals surface area contributed by atoms with Crippen molar-refractivity contribution in [3.05, 3.63) is 71.6 Å². The van der Waals surface area contributed by atoms with E-state index >= 15 is 0 Å². The van der Waals surface area contributed by atoms with Gasteiger partial charge >= 0.3 is 12.2 Å². The van der Waals surface area contributed by atoms with E-state index in [0.29, 0.717) is 30.4 Å². The Morgan fingerprint density at radius 1 is 0.750 bits per heavy atom. The molecule has 2 saturated heterocycles. The standard InChI is InChI=1S/C40H48N8O8/c1-23(53-3)33(45-39(51)55-5)37(49)47-19-7-9-31(47)35-41-22-28(42-35)17-13-25-11-14-26(15-12-25)27-16-18-29-30(21-27)44-36(43-29)32-10-8-20-48(32)38(50)34(24(2)54-4)46-40(52)56-6/h11-12,14-16,18,21-24,31-34H,7-10,19-20H2,1-6H3,(H,41,42)(H,43,44)(H,45,51)(H,46,52)/t23-,24-,31+,32+,33+,34+/m1/s1. The Balaban J connectivity index is 1.13. The molecule has 16 heteroatoms. The molecule has 4 aromatic rings. The van der Waals surface area contributed by atoms with Crippen LogP contribution in [0.5, 0.6) is 0 Å². The van der Waals surface area contributed by atoms with Crippen molar-refractivity contribution in [1.29, 1.82) is 0 Å². The Labute approximate surface area is 325 Å². The van der Waals surface area contributed by atoms with Gasteiger partial charge in [-0.25, -0.2) is 19.6 Å². The number of carbonyl (C=O) groups excluding carboxylic acids is 4. The zero-order chi connectivity index (χ0) is 39.9. The number of hydrogen-bond acceptors (Lipinski definition) is 10. The minimum absolute atomic E-state index is 0.255. The van der Waals surface area contributed by atoms with E-state index in [2.05, 4.69) is 37.4 Å². The van der Waals surface area contributed by atoms with E-state index in [1.807, 2.05) is 42.5 Å². The number of rotatable bonds is 11. The predicted octanol–water partition coefficient (Wildman–Crippen LogP) is 4.20. The molecule has 4 amide bonds. The van der Waals surface area contributed by atoms with Gasteiger partial charge < -0.3 is 49.3 Å². The van der Waals surface area contributed by atoms with Crippen LogP contribution in [0.25, 0.3) is 22.2 Å². The first-order chi connectivity index (χ1) is 27.0. The van der Waals surface area contributed by atoms with Gasteiger partial charge in [0, 0.05) is 32.9 Å². The molecule has 0 spiro atoms. The summed E-state index contributed by atoms with van der Waals surface area (Å²) in [7, 11) is 5.48. The zero-order valence-corrected chi connectivity index (χ0v) is 32.4. The second-order valence-corrected chi connectivity index (χ2v) is 13.9. The van der Waals surface area contributed by atoms with Crippen molar-refractivity contribution in [1.82, 2.24) is 40.4 Å². The number of aromatic nitrogens is 4. The van der Waals surface area contributed by atoms with Crippen LogP contribution in [0.1, 0.15) is 74.5 Å². The molecular formula is C40H48N8O8. The summed E-state index contributed by atoms with van der Waals surface area (Å²) in [5.74, 6) is 7.12. The van der Waals surface area contributed by atoms with E-state index in [0.717, 1.165) is 53.4 Å². The molecule has 2 aromatic heterocycles. The number of methoxy groups -OCH3 is 4. The van der Waals surface area contributed by atoms with Crippen molar-refractivity contribution in [2.24, 2.45) is 0 Å². The summed E-state index contributed by atoms with van der Waals surface area (Å²) in [6.07, 6.45) is 2.16. The predicted molar refractivity (Wildman–Crippen MR) is 205 cm³/mol. The van der Waals surface area contributed by atoms with E-state index < -0.39 is 36.5 Å². The van der Waals surface area contributed by atoms with Crippen LogP contribution >= 0.6 is 0 Å². The van der Waals surface area contributed by atoms with Gasteiger partial charge in [-0.1, -0.05) is 24.1 Å². The Morgan fingerprint density at radius 3 is 1.86 bits per heavy atom. The monoisotopic (exact) mass is 768 g/mol. The number of aromatic amines is 2. The average Bonchev–Trinajstić information content (AvgIpc) is 4.06. The highest BCUT2D eigenvalue weighted by atomic mass is 16.5. The van der Waals surface area contributed by atoms with Gasteiger partial charge in [-0.15, -0.1) is 0 Å². The molecule has 0 bridgehead atoms. The highest BCUT2D eigenvalue weighted by Gasteiger charge is 2.40. The van der Waals surface area contributed by atoms with Gasteiger partial charge in [0.25, 0.3) is 0 Å². The first kappa shape index (κ1) is 39.8. The van der Waals surface area contributed by atoms with Gasteiger partial charge in [0.15, 0.2) is 0 Å². The van der Waals surface area contributed by atoms with Gasteiger partial charge in [0.1, 0.15) is 29.4 Å². The lowest BCUT2D eigenvalue weighted by Crippen LogP contribution is -2.54. The van der Waals surface area contributed by atoms with Gasteiger partial charge in [0.05, 0.1) is 55.7 Å². The van der Waals surface area contributed by atoms with Crippen molar-refractivity contribution < 1.29 is 38.1 Å². The van der Waals surface area contributed by atoms with Crippen LogP contribution in [0.4, 0.5) is 9.59 Å². The van der Waals surface area contributed by atoms with Crippen LogP contribution in [0, 0.1) is 11.8 Å². The van der Waals surface area contributed by atoms with Crippen molar-refractivity contribution >= 4 is 35.0 Å². The third kappa shape index (κ3) is 8.64. The molecule has 0 unspecified atom stereocenters. The van der Waals surface area contributed by atoms with Crippen LogP contribution in [0.15, 0.2) is 48.7 Å².